The Morgan fingerprint density at radius 2 is 1.86 bits per heavy atom. The van der Waals surface area contributed by atoms with E-state index in [4.69, 9.17) is 4.74 Å². The lowest BCUT2D eigenvalue weighted by molar-refractivity contribution is -0.123. The molecule has 0 saturated carbocycles. The van der Waals surface area contributed by atoms with E-state index in [-0.39, 0.29) is 17.7 Å². The van der Waals surface area contributed by atoms with E-state index in [9.17, 15) is 9.59 Å². The summed E-state index contributed by atoms with van der Waals surface area (Å²) in [4.78, 5) is 25.0. The van der Waals surface area contributed by atoms with Crippen molar-refractivity contribution < 1.29 is 14.3 Å². The highest BCUT2D eigenvalue weighted by atomic mass is 79.9. The van der Waals surface area contributed by atoms with Gasteiger partial charge >= 0.3 is 0 Å². The van der Waals surface area contributed by atoms with E-state index in [1.165, 1.54) is 0 Å². The molecule has 5 nitrogen and oxygen atoms in total. The van der Waals surface area contributed by atoms with Gasteiger partial charge in [-0.15, -0.1) is 0 Å². The lowest BCUT2D eigenvalue weighted by Crippen LogP contribution is -2.50. The molecule has 28 heavy (non-hydrogen) atoms. The van der Waals surface area contributed by atoms with Gasteiger partial charge in [0.05, 0.1) is 12.2 Å². The van der Waals surface area contributed by atoms with Crippen LogP contribution in [0.3, 0.4) is 0 Å². The number of carbonyl (C=O) groups is 2. The number of benzene rings is 2. The van der Waals surface area contributed by atoms with Crippen molar-refractivity contribution in [3.8, 4) is 5.75 Å². The second-order valence-corrected chi connectivity index (χ2v) is 7.84. The molecular weight excluding hydrogens is 420 g/mol. The van der Waals surface area contributed by atoms with Gasteiger partial charge in [0.15, 0.2) is 0 Å². The van der Waals surface area contributed by atoms with Crippen molar-refractivity contribution in [1.82, 2.24) is 10.6 Å². The fraction of sp³-hybridized carbons (Fsp3) is 0.364. The van der Waals surface area contributed by atoms with Crippen LogP contribution in [0.2, 0.25) is 0 Å². The van der Waals surface area contributed by atoms with E-state index in [0.717, 1.165) is 11.3 Å². The standard InChI is InChI=1S/C22H27BrN2O3/c1-15(2)20(25-21(26)18-10-4-5-11-19(18)23)22(27)24-12-7-13-28-17-9-6-8-16(3)14-17/h4-6,8-11,14-15,20H,7,12-13H2,1-3H3,(H,24,27)(H,25,26)/t20-/m1/s1. The first-order chi connectivity index (χ1) is 13.4. The number of halogens is 1. The molecule has 2 rings (SSSR count). The van der Waals surface area contributed by atoms with Crippen LogP contribution in [0.5, 0.6) is 5.75 Å². The van der Waals surface area contributed by atoms with Crippen molar-refractivity contribution in [2.24, 2.45) is 5.92 Å². The number of hydrogen-bond acceptors (Lipinski definition) is 3. The van der Waals surface area contributed by atoms with E-state index in [1.807, 2.05) is 51.1 Å². The molecule has 6 heteroatoms. The molecular formula is C22H27BrN2O3. The molecule has 0 fully saturated rings. The number of carbonyl (C=O) groups excluding carboxylic acids is 2. The quantitative estimate of drug-likeness (QED) is 0.569. The van der Waals surface area contributed by atoms with Crippen LogP contribution >= 0.6 is 15.9 Å². The number of rotatable bonds is 9. The van der Waals surface area contributed by atoms with Crippen LogP contribution in [-0.2, 0) is 4.79 Å². The summed E-state index contributed by atoms with van der Waals surface area (Å²) in [5.41, 5.74) is 1.65. The van der Waals surface area contributed by atoms with Gasteiger partial charge in [0.1, 0.15) is 11.8 Å². The molecule has 1 atom stereocenters. The molecule has 150 valence electrons. The van der Waals surface area contributed by atoms with Gasteiger partial charge in [-0.05, 0) is 65.0 Å². The third-order valence-corrected chi connectivity index (χ3v) is 4.92. The minimum atomic E-state index is -0.600. The molecule has 0 heterocycles. The van der Waals surface area contributed by atoms with Crippen molar-refractivity contribution >= 4 is 27.7 Å². The van der Waals surface area contributed by atoms with Gasteiger partial charge in [-0.2, -0.15) is 0 Å². The molecule has 0 aliphatic carbocycles. The summed E-state index contributed by atoms with van der Waals surface area (Å²) in [6, 6.07) is 14.4. The molecule has 0 spiro atoms. The fourth-order valence-corrected chi connectivity index (χ4v) is 3.15. The van der Waals surface area contributed by atoms with Crippen LogP contribution in [0.4, 0.5) is 0 Å². The Bertz CT molecular complexity index is 808. The Morgan fingerprint density at radius 1 is 1.11 bits per heavy atom. The number of hydrogen-bond donors (Lipinski definition) is 2. The summed E-state index contributed by atoms with van der Waals surface area (Å²) < 4.78 is 6.38. The second-order valence-electron chi connectivity index (χ2n) is 6.98. The molecule has 0 saturated heterocycles. The Kier molecular flexibility index (Phi) is 8.51. The summed E-state index contributed by atoms with van der Waals surface area (Å²) in [5, 5.41) is 5.72. The van der Waals surface area contributed by atoms with Gasteiger partial charge < -0.3 is 15.4 Å². The largest absolute Gasteiger partial charge is 0.494 e. The number of ether oxygens (including phenoxy) is 1. The van der Waals surface area contributed by atoms with E-state index in [1.54, 1.807) is 18.2 Å². The lowest BCUT2D eigenvalue weighted by atomic mass is 10.0. The predicted molar refractivity (Wildman–Crippen MR) is 115 cm³/mol. The highest BCUT2D eigenvalue weighted by Gasteiger charge is 2.24. The van der Waals surface area contributed by atoms with Gasteiger partial charge in [-0.25, -0.2) is 0 Å². The summed E-state index contributed by atoms with van der Waals surface area (Å²) in [6.45, 7) is 6.83. The first-order valence-corrected chi connectivity index (χ1v) is 10.2. The highest BCUT2D eigenvalue weighted by Crippen LogP contribution is 2.16. The molecule has 2 aromatic carbocycles. The fourth-order valence-electron chi connectivity index (χ4n) is 2.69. The van der Waals surface area contributed by atoms with Crippen LogP contribution in [0.25, 0.3) is 0 Å². The molecule has 0 bridgehead atoms. The van der Waals surface area contributed by atoms with Gasteiger partial charge in [0.25, 0.3) is 5.91 Å². The minimum absolute atomic E-state index is 0.0324. The van der Waals surface area contributed by atoms with E-state index in [2.05, 4.69) is 26.6 Å². The zero-order valence-corrected chi connectivity index (χ0v) is 18.1. The molecule has 2 aromatic rings. The Morgan fingerprint density at radius 3 is 2.54 bits per heavy atom. The molecule has 2 amide bonds. The van der Waals surface area contributed by atoms with Crippen molar-refractivity contribution in [3.05, 3.63) is 64.1 Å². The average Bonchev–Trinajstić information content (AvgIpc) is 2.65. The topological polar surface area (TPSA) is 67.4 Å². The van der Waals surface area contributed by atoms with E-state index >= 15 is 0 Å². The van der Waals surface area contributed by atoms with Crippen molar-refractivity contribution in [2.75, 3.05) is 13.2 Å². The maximum absolute atomic E-state index is 12.5. The van der Waals surface area contributed by atoms with Gasteiger partial charge in [-0.3, -0.25) is 9.59 Å². The number of aryl methyl sites for hydroxylation is 1. The number of amides is 2. The van der Waals surface area contributed by atoms with Crippen molar-refractivity contribution in [1.29, 1.82) is 0 Å². The first kappa shape index (κ1) is 22.0. The average molecular weight is 447 g/mol. The van der Waals surface area contributed by atoms with Gasteiger partial charge in [-0.1, -0.05) is 38.1 Å². The van der Waals surface area contributed by atoms with Crippen molar-refractivity contribution in [2.45, 2.75) is 33.2 Å². The van der Waals surface area contributed by atoms with Crippen LogP contribution in [-0.4, -0.2) is 31.0 Å². The third-order valence-electron chi connectivity index (χ3n) is 4.23. The molecule has 0 aliphatic rings. The maximum atomic E-state index is 12.5. The smallest absolute Gasteiger partial charge is 0.253 e. The van der Waals surface area contributed by atoms with Crippen LogP contribution in [0.15, 0.2) is 53.0 Å². The molecule has 0 unspecified atom stereocenters. The molecule has 0 radical (unpaired) electrons. The van der Waals surface area contributed by atoms with Gasteiger partial charge in [0, 0.05) is 11.0 Å². The zero-order chi connectivity index (χ0) is 20.5. The second kappa shape index (κ2) is 10.9. The predicted octanol–water partition coefficient (Wildman–Crippen LogP) is 4.10. The van der Waals surface area contributed by atoms with Crippen LogP contribution in [0, 0.1) is 12.8 Å². The number of nitrogens with one attached hydrogen (secondary N) is 2. The van der Waals surface area contributed by atoms with Crippen molar-refractivity contribution in [3.63, 3.8) is 0 Å². The highest BCUT2D eigenvalue weighted by molar-refractivity contribution is 9.10. The SMILES string of the molecule is Cc1cccc(OCCCNC(=O)[C@H](NC(=O)c2ccccc2Br)C(C)C)c1. The van der Waals surface area contributed by atoms with Crippen LogP contribution in [0.1, 0.15) is 36.2 Å². The summed E-state index contributed by atoms with van der Waals surface area (Å²) in [5.74, 6) is 0.331. The summed E-state index contributed by atoms with van der Waals surface area (Å²) in [6.07, 6.45) is 0.683. The maximum Gasteiger partial charge on any atom is 0.253 e. The Labute approximate surface area is 175 Å². The molecule has 2 N–H and O–H groups in total. The zero-order valence-electron chi connectivity index (χ0n) is 16.5. The first-order valence-electron chi connectivity index (χ1n) is 9.41. The summed E-state index contributed by atoms with van der Waals surface area (Å²) >= 11 is 3.37. The lowest BCUT2D eigenvalue weighted by Gasteiger charge is -2.22. The molecule has 0 aliphatic heterocycles. The monoisotopic (exact) mass is 446 g/mol. The van der Waals surface area contributed by atoms with E-state index < -0.39 is 6.04 Å². The minimum Gasteiger partial charge on any atom is -0.494 e. The Hall–Kier alpha value is -2.34. The third kappa shape index (κ3) is 6.68. The Balaban J connectivity index is 1.80. The van der Waals surface area contributed by atoms with Gasteiger partial charge in [0.2, 0.25) is 5.91 Å². The van der Waals surface area contributed by atoms with Crippen LogP contribution < -0.4 is 15.4 Å². The normalized spacial score (nSPS) is 11.8. The molecule has 0 aromatic heterocycles. The van der Waals surface area contributed by atoms with E-state index in [0.29, 0.717) is 29.6 Å². The summed E-state index contributed by atoms with van der Waals surface area (Å²) in [7, 11) is 0.